The first-order valence-corrected chi connectivity index (χ1v) is 5.39. The van der Waals surface area contributed by atoms with Crippen LogP contribution in [-0.2, 0) is 0 Å². The number of anilines is 1. The Balaban J connectivity index is 0.000000162. The molecule has 4 heteroatoms. The van der Waals surface area contributed by atoms with Crippen molar-refractivity contribution in [1.29, 1.82) is 0 Å². The number of nitrogen functional groups attached to an aromatic ring is 1. The molecule has 1 aliphatic rings. The Morgan fingerprint density at radius 3 is 2.44 bits per heavy atom. The quantitative estimate of drug-likeness (QED) is 0.613. The minimum Gasteiger partial charge on any atom is -0.384 e. The summed E-state index contributed by atoms with van der Waals surface area (Å²) in [6, 6.07) is 11.7. The molecule has 4 nitrogen and oxygen atoms in total. The fourth-order valence-corrected chi connectivity index (χ4v) is 1.52. The first kappa shape index (κ1) is 10.9. The molecule has 0 aliphatic carbocycles. The summed E-state index contributed by atoms with van der Waals surface area (Å²) in [7, 11) is 0. The number of rotatable bonds is 0. The number of para-hydroxylation sites is 1. The Kier molecular flexibility index (Phi) is 3.69. The summed E-state index contributed by atoms with van der Waals surface area (Å²) in [5.74, 6) is 0.573. The van der Waals surface area contributed by atoms with Gasteiger partial charge in [0.25, 0.3) is 0 Å². The summed E-state index contributed by atoms with van der Waals surface area (Å²) < 4.78 is 0. The highest BCUT2D eigenvalue weighted by Crippen LogP contribution is 2.11. The minimum atomic E-state index is 0.573. The van der Waals surface area contributed by atoms with Crippen LogP contribution >= 0.6 is 0 Å². The maximum absolute atomic E-state index is 5.51. The van der Waals surface area contributed by atoms with E-state index in [-0.39, 0.29) is 0 Å². The molecule has 4 N–H and O–H groups in total. The molecular formula is C12H16N4. The molecule has 2 heterocycles. The average Bonchev–Trinajstić information content (AvgIpc) is 2.87. The van der Waals surface area contributed by atoms with Gasteiger partial charge in [-0.3, -0.25) is 0 Å². The summed E-state index contributed by atoms with van der Waals surface area (Å²) >= 11 is 0. The van der Waals surface area contributed by atoms with Crippen LogP contribution in [-0.4, -0.2) is 24.7 Å². The molecule has 1 fully saturated rings. The predicted octanol–water partition coefficient (Wildman–Crippen LogP) is 0.954. The average molecular weight is 216 g/mol. The summed E-state index contributed by atoms with van der Waals surface area (Å²) in [5.41, 5.74) is 6.46. The molecule has 3 rings (SSSR count). The third-order valence-electron chi connectivity index (χ3n) is 2.35. The topological polar surface area (TPSA) is 63.0 Å². The van der Waals surface area contributed by atoms with Gasteiger partial charge in [-0.25, -0.2) is 4.98 Å². The maximum atomic E-state index is 5.51. The van der Waals surface area contributed by atoms with E-state index in [2.05, 4.69) is 15.6 Å². The van der Waals surface area contributed by atoms with Crippen molar-refractivity contribution in [3.63, 3.8) is 0 Å². The number of nitrogens with one attached hydrogen (secondary N) is 2. The number of hydrogen-bond acceptors (Lipinski definition) is 4. The fraction of sp³-hybridized carbons (Fsp3) is 0.250. The minimum absolute atomic E-state index is 0.573. The van der Waals surface area contributed by atoms with E-state index in [1.165, 1.54) is 0 Å². The van der Waals surface area contributed by atoms with Gasteiger partial charge in [-0.05, 0) is 18.2 Å². The molecule has 84 valence electrons. The van der Waals surface area contributed by atoms with E-state index in [0.717, 1.165) is 30.7 Å². The number of hydrogen-bond donors (Lipinski definition) is 3. The lowest BCUT2D eigenvalue weighted by atomic mass is 10.2. The van der Waals surface area contributed by atoms with E-state index in [1.54, 1.807) is 0 Å². The van der Waals surface area contributed by atoms with Crippen molar-refractivity contribution in [1.82, 2.24) is 15.6 Å². The second-order valence-corrected chi connectivity index (χ2v) is 3.61. The Hall–Kier alpha value is -1.65. The lowest BCUT2D eigenvalue weighted by molar-refractivity contribution is 0.807. The Morgan fingerprint density at radius 2 is 1.75 bits per heavy atom. The van der Waals surface area contributed by atoms with E-state index in [4.69, 9.17) is 5.73 Å². The van der Waals surface area contributed by atoms with Crippen LogP contribution in [0.1, 0.15) is 0 Å². The largest absolute Gasteiger partial charge is 0.384 e. The molecule has 0 saturated carbocycles. The molecule has 0 spiro atoms. The van der Waals surface area contributed by atoms with Crippen LogP contribution in [0, 0.1) is 0 Å². The van der Waals surface area contributed by atoms with Crippen LogP contribution in [0.4, 0.5) is 5.82 Å². The Bertz CT molecular complexity index is 444. The van der Waals surface area contributed by atoms with E-state index < -0.39 is 0 Å². The molecule has 0 amide bonds. The van der Waals surface area contributed by atoms with Crippen LogP contribution in [0.25, 0.3) is 10.9 Å². The third kappa shape index (κ3) is 2.92. The van der Waals surface area contributed by atoms with E-state index in [1.807, 2.05) is 36.4 Å². The lowest BCUT2D eigenvalue weighted by Gasteiger charge is -1.95. The van der Waals surface area contributed by atoms with Gasteiger partial charge in [-0.2, -0.15) is 0 Å². The third-order valence-corrected chi connectivity index (χ3v) is 2.35. The van der Waals surface area contributed by atoms with Crippen molar-refractivity contribution in [2.45, 2.75) is 0 Å². The van der Waals surface area contributed by atoms with Gasteiger partial charge in [-0.1, -0.05) is 18.2 Å². The van der Waals surface area contributed by atoms with Crippen LogP contribution < -0.4 is 16.4 Å². The smallest absolute Gasteiger partial charge is 0.124 e. The highest BCUT2D eigenvalue weighted by molar-refractivity contribution is 5.79. The van der Waals surface area contributed by atoms with Crippen LogP contribution in [0.15, 0.2) is 36.4 Å². The lowest BCUT2D eigenvalue weighted by Crippen LogP contribution is -2.11. The molecule has 1 aromatic carbocycles. The molecule has 0 bridgehead atoms. The normalized spacial score (nSPS) is 14.5. The van der Waals surface area contributed by atoms with Gasteiger partial charge >= 0.3 is 0 Å². The first-order chi connectivity index (χ1) is 7.86. The van der Waals surface area contributed by atoms with Gasteiger partial charge in [0, 0.05) is 25.1 Å². The molecule has 1 aliphatic heterocycles. The van der Waals surface area contributed by atoms with Crippen LogP contribution in [0.5, 0.6) is 0 Å². The van der Waals surface area contributed by atoms with Gasteiger partial charge in [0.05, 0.1) is 5.52 Å². The van der Waals surface area contributed by atoms with Crippen LogP contribution in [0.3, 0.4) is 0 Å². The number of nitrogens with two attached hydrogens (primary N) is 1. The van der Waals surface area contributed by atoms with Crippen molar-refractivity contribution in [2.24, 2.45) is 0 Å². The van der Waals surface area contributed by atoms with Crippen molar-refractivity contribution >= 4 is 16.7 Å². The first-order valence-electron chi connectivity index (χ1n) is 5.39. The van der Waals surface area contributed by atoms with E-state index in [9.17, 15) is 0 Å². The Morgan fingerprint density at radius 1 is 1.00 bits per heavy atom. The number of fused-ring (bicyclic) bond motifs is 1. The molecule has 1 saturated heterocycles. The SMILES string of the molecule is C1CNCN1.Nc1ccc2ccccc2n1. The molecule has 16 heavy (non-hydrogen) atoms. The number of pyridine rings is 1. The zero-order chi connectivity index (χ0) is 11.2. The summed E-state index contributed by atoms with van der Waals surface area (Å²) in [6.07, 6.45) is 0. The summed E-state index contributed by atoms with van der Waals surface area (Å²) in [5, 5.41) is 7.35. The number of aromatic nitrogens is 1. The zero-order valence-corrected chi connectivity index (χ0v) is 9.11. The predicted molar refractivity (Wildman–Crippen MR) is 67.0 cm³/mol. The summed E-state index contributed by atoms with van der Waals surface area (Å²) in [4.78, 5) is 4.15. The van der Waals surface area contributed by atoms with Crippen molar-refractivity contribution in [2.75, 3.05) is 25.5 Å². The van der Waals surface area contributed by atoms with Crippen molar-refractivity contribution in [3.05, 3.63) is 36.4 Å². The van der Waals surface area contributed by atoms with E-state index in [0.29, 0.717) is 5.82 Å². The van der Waals surface area contributed by atoms with Crippen molar-refractivity contribution in [3.8, 4) is 0 Å². The van der Waals surface area contributed by atoms with E-state index >= 15 is 0 Å². The Labute approximate surface area is 94.9 Å². The standard InChI is InChI=1S/C9H8N2.C3H8N2/c10-9-6-5-7-3-1-2-4-8(7)11-9;1-2-5-3-4-1/h1-6H,(H2,10,11);4-5H,1-3H2. The maximum Gasteiger partial charge on any atom is 0.124 e. The van der Waals surface area contributed by atoms with Gasteiger partial charge in [-0.15, -0.1) is 0 Å². The number of benzene rings is 1. The molecular weight excluding hydrogens is 200 g/mol. The van der Waals surface area contributed by atoms with Gasteiger partial charge in [0.1, 0.15) is 5.82 Å². The fourth-order valence-electron chi connectivity index (χ4n) is 1.52. The summed E-state index contributed by atoms with van der Waals surface area (Å²) in [6.45, 7) is 3.28. The number of nitrogens with zero attached hydrogens (tertiary/aromatic N) is 1. The highest BCUT2D eigenvalue weighted by Gasteiger charge is 1.91. The highest BCUT2D eigenvalue weighted by atomic mass is 15.1. The molecule has 0 atom stereocenters. The van der Waals surface area contributed by atoms with Gasteiger partial charge in [0.2, 0.25) is 0 Å². The van der Waals surface area contributed by atoms with Gasteiger partial charge < -0.3 is 16.4 Å². The zero-order valence-electron chi connectivity index (χ0n) is 9.11. The van der Waals surface area contributed by atoms with Crippen LogP contribution in [0.2, 0.25) is 0 Å². The molecule has 1 aromatic heterocycles. The van der Waals surface area contributed by atoms with Crippen molar-refractivity contribution < 1.29 is 0 Å². The van der Waals surface area contributed by atoms with Gasteiger partial charge in [0.15, 0.2) is 0 Å². The monoisotopic (exact) mass is 216 g/mol. The molecule has 0 radical (unpaired) electrons. The second-order valence-electron chi connectivity index (χ2n) is 3.61. The second kappa shape index (κ2) is 5.44. The molecule has 2 aromatic rings. The molecule has 0 unspecified atom stereocenters.